The van der Waals surface area contributed by atoms with Crippen LogP contribution in [-0.2, 0) is 4.74 Å². The molecule has 0 aromatic rings. The van der Waals surface area contributed by atoms with Gasteiger partial charge in [0.25, 0.3) is 0 Å². The van der Waals surface area contributed by atoms with Crippen molar-refractivity contribution in [3.05, 3.63) is 6.04 Å². The second-order valence-electron chi connectivity index (χ2n) is 7.21. The highest BCUT2D eigenvalue weighted by atomic mass is 16.6. The van der Waals surface area contributed by atoms with Gasteiger partial charge in [-0.05, 0) is 33.6 Å². The number of amides is 1. The molecule has 0 aliphatic heterocycles. The first-order chi connectivity index (χ1) is 10.4. The summed E-state index contributed by atoms with van der Waals surface area (Å²) < 4.78 is 5.33. The van der Waals surface area contributed by atoms with E-state index in [1.165, 1.54) is 51.4 Å². The summed E-state index contributed by atoms with van der Waals surface area (Å²) >= 11 is 0. The predicted molar refractivity (Wildman–Crippen MR) is 94.7 cm³/mol. The highest BCUT2D eigenvalue weighted by molar-refractivity contribution is 5.69. The van der Waals surface area contributed by atoms with Gasteiger partial charge in [0.05, 0.1) is 6.04 Å². The molecular formula is C19H38NO2. The van der Waals surface area contributed by atoms with Crippen molar-refractivity contribution in [3.8, 4) is 0 Å². The number of ether oxygens (including phenoxy) is 1. The molecule has 1 N–H and O–H groups in total. The fraction of sp³-hybridized carbons (Fsp3) is 0.895. The summed E-state index contributed by atoms with van der Waals surface area (Å²) in [4.78, 5) is 11.8. The predicted octanol–water partition coefficient (Wildman–Crippen LogP) is 6.37. The maximum absolute atomic E-state index is 11.8. The summed E-state index contributed by atoms with van der Waals surface area (Å²) in [5, 5.41) is 2.95. The van der Waals surface area contributed by atoms with Gasteiger partial charge in [0.15, 0.2) is 0 Å². The molecule has 0 rings (SSSR count). The number of unbranched alkanes of at least 4 members (excludes halogenated alkanes) is 7. The van der Waals surface area contributed by atoms with Crippen molar-refractivity contribution in [2.45, 2.75) is 111 Å². The van der Waals surface area contributed by atoms with E-state index in [-0.39, 0.29) is 6.09 Å². The van der Waals surface area contributed by atoms with Gasteiger partial charge in [0.1, 0.15) is 5.60 Å². The van der Waals surface area contributed by atoms with Crippen molar-refractivity contribution in [3.63, 3.8) is 0 Å². The average Bonchev–Trinajstić information content (AvgIpc) is 2.39. The fourth-order valence-corrected chi connectivity index (χ4v) is 2.47. The van der Waals surface area contributed by atoms with Gasteiger partial charge in [0, 0.05) is 0 Å². The van der Waals surface area contributed by atoms with Crippen LogP contribution in [0.25, 0.3) is 0 Å². The molecule has 0 aliphatic carbocycles. The van der Waals surface area contributed by atoms with Crippen molar-refractivity contribution >= 4 is 6.09 Å². The Morgan fingerprint density at radius 1 is 0.818 bits per heavy atom. The van der Waals surface area contributed by atoms with Crippen molar-refractivity contribution in [2.75, 3.05) is 0 Å². The van der Waals surface area contributed by atoms with Crippen molar-refractivity contribution in [2.24, 2.45) is 0 Å². The van der Waals surface area contributed by atoms with E-state index in [0.717, 1.165) is 25.3 Å². The van der Waals surface area contributed by atoms with Gasteiger partial charge in [-0.15, -0.1) is 0 Å². The molecule has 0 aromatic heterocycles. The lowest BCUT2D eigenvalue weighted by Crippen LogP contribution is -2.35. The number of carbonyl (C=O) groups excluding carboxylic acids is 1. The van der Waals surface area contributed by atoms with E-state index in [2.05, 4.69) is 19.2 Å². The molecule has 0 aliphatic rings. The molecule has 0 saturated carbocycles. The molecule has 3 heteroatoms. The largest absolute Gasteiger partial charge is 0.444 e. The number of carbonyl (C=O) groups is 1. The number of hydrogen-bond acceptors (Lipinski definition) is 2. The van der Waals surface area contributed by atoms with Crippen LogP contribution in [0.2, 0.25) is 0 Å². The van der Waals surface area contributed by atoms with Crippen LogP contribution in [-0.4, -0.2) is 11.7 Å². The highest BCUT2D eigenvalue weighted by Gasteiger charge is 2.19. The van der Waals surface area contributed by atoms with Gasteiger partial charge in [-0.3, -0.25) is 0 Å². The summed E-state index contributed by atoms with van der Waals surface area (Å²) in [6, 6.07) is 1.13. The third kappa shape index (κ3) is 14.2. The number of rotatable bonds is 12. The normalized spacial score (nSPS) is 11.7. The molecule has 0 bridgehead atoms. The Balaban J connectivity index is 3.78. The second-order valence-corrected chi connectivity index (χ2v) is 7.21. The Hall–Kier alpha value is -0.730. The van der Waals surface area contributed by atoms with E-state index in [1.807, 2.05) is 20.8 Å². The quantitative estimate of drug-likeness (QED) is 0.425. The molecule has 0 atom stereocenters. The van der Waals surface area contributed by atoms with Crippen LogP contribution in [0.3, 0.4) is 0 Å². The second kappa shape index (κ2) is 12.8. The minimum atomic E-state index is -0.431. The monoisotopic (exact) mass is 312 g/mol. The highest BCUT2D eigenvalue weighted by Crippen LogP contribution is 2.18. The van der Waals surface area contributed by atoms with E-state index in [9.17, 15) is 4.79 Å². The Kier molecular flexibility index (Phi) is 12.4. The Bertz CT molecular complexity index is 271. The smallest absolute Gasteiger partial charge is 0.408 e. The van der Waals surface area contributed by atoms with E-state index >= 15 is 0 Å². The minimum absolute atomic E-state index is 0.310. The van der Waals surface area contributed by atoms with Crippen LogP contribution in [0.1, 0.15) is 105 Å². The zero-order valence-corrected chi connectivity index (χ0v) is 15.6. The molecule has 22 heavy (non-hydrogen) atoms. The van der Waals surface area contributed by atoms with Gasteiger partial charge in [0.2, 0.25) is 0 Å². The summed E-state index contributed by atoms with van der Waals surface area (Å²) in [5.74, 6) is 0. The SMILES string of the molecule is CCCCCCCCCC[C](CCC)NC(=O)OC(C)(C)C. The molecule has 1 radical (unpaired) electrons. The Labute approximate surface area is 138 Å². The van der Waals surface area contributed by atoms with Crippen LogP contribution in [0, 0.1) is 6.04 Å². The van der Waals surface area contributed by atoms with Crippen LogP contribution >= 0.6 is 0 Å². The van der Waals surface area contributed by atoms with E-state index in [1.54, 1.807) is 0 Å². The van der Waals surface area contributed by atoms with Crippen LogP contribution in [0.4, 0.5) is 4.79 Å². The number of alkyl carbamates (subject to hydrolysis) is 1. The molecule has 3 nitrogen and oxygen atoms in total. The average molecular weight is 313 g/mol. The fourth-order valence-electron chi connectivity index (χ4n) is 2.47. The van der Waals surface area contributed by atoms with E-state index in [4.69, 9.17) is 4.74 Å². The van der Waals surface area contributed by atoms with Gasteiger partial charge in [-0.2, -0.15) is 0 Å². The van der Waals surface area contributed by atoms with Crippen LogP contribution in [0.15, 0.2) is 0 Å². The third-order valence-electron chi connectivity index (χ3n) is 3.56. The van der Waals surface area contributed by atoms with Crippen LogP contribution < -0.4 is 5.32 Å². The zero-order valence-electron chi connectivity index (χ0n) is 15.6. The first-order valence-electron chi connectivity index (χ1n) is 9.23. The molecule has 0 saturated heterocycles. The molecule has 0 heterocycles. The van der Waals surface area contributed by atoms with E-state index in [0.29, 0.717) is 0 Å². The first kappa shape index (κ1) is 21.3. The lowest BCUT2D eigenvalue weighted by atomic mass is 10.0. The summed E-state index contributed by atoms with van der Waals surface area (Å²) in [5.41, 5.74) is -0.431. The van der Waals surface area contributed by atoms with Gasteiger partial charge < -0.3 is 10.1 Å². The van der Waals surface area contributed by atoms with Crippen molar-refractivity contribution in [1.82, 2.24) is 5.32 Å². The Morgan fingerprint density at radius 3 is 1.86 bits per heavy atom. The van der Waals surface area contributed by atoms with Crippen molar-refractivity contribution < 1.29 is 9.53 Å². The maximum Gasteiger partial charge on any atom is 0.408 e. The van der Waals surface area contributed by atoms with Gasteiger partial charge >= 0.3 is 6.09 Å². The molecule has 131 valence electrons. The molecule has 0 aromatic carbocycles. The standard InChI is InChI=1S/C19H38NO2/c1-6-8-9-10-11-12-13-14-16-17(15-7-2)20-18(21)22-19(3,4)5/h6-16H2,1-5H3,(H,20,21). The summed E-state index contributed by atoms with van der Waals surface area (Å²) in [7, 11) is 0. The maximum atomic E-state index is 11.8. The first-order valence-corrected chi connectivity index (χ1v) is 9.23. The lowest BCUT2D eigenvalue weighted by molar-refractivity contribution is 0.0526. The minimum Gasteiger partial charge on any atom is -0.444 e. The molecule has 0 fully saturated rings. The lowest BCUT2D eigenvalue weighted by Gasteiger charge is -2.23. The third-order valence-corrected chi connectivity index (χ3v) is 3.56. The molecule has 0 spiro atoms. The summed E-state index contributed by atoms with van der Waals surface area (Å²) in [6.07, 6.45) is 13.2. The molecule has 0 unspecified atom stereocenters. The zero-order chi connectivity index (χ0) is 16.8. The topological polar surface area (TPSA) is 38.3 Å². The molecular weight excluding hydrogens is 274 g/mol. The van der Waals surface area contributed by atoms with E-state index < -0.39 is 5.60 Å². The van der Waals surface area contributed by atoms with Gasteiger partial charge in [-0.25, -0.2) is 4.79 Å². The van der Waals surface area contributed by atoms with Crippen LogP contribution in [0.5, 0.6) is 0 Å². The number of hydrogen-bond donors (Lipinski definition) is 1. The van der Waals surface area contributed by atoms with Crippen molar-refractivity contribution in [1.29, 1.82) is 0 Å². The van der Waals surface area contributed by atoms with Gasteiger partial charge in [-0.1, -0.05) is 71.6 Å². The Morgan fingerprint density at radius 2 is 1.36 bits per heavy atom. The molecule has 1 amide bonds. The number of nitrogens with one attached hydrogen (secondary N) is 1. The summed E-state index contributed by atoms with van der Waals surface area (Å²) in [6.45, 7) is 10.1.